The van der Waals surface area contributed by atoms with Gasteiger partial charge < -0.3 is 4.90 Å². The molecule has 27 heavy (non-hydrogen) atoms. The van der Waals surface area contributed by atoms with E-state index in [1.165, 1.54) is 23.2 Å². The third-order valence-corrected chi connectivity index (χ3v) is 4.15. The second kappa shape index (κ2) is 6.40. The fraction of sp³-hybridized carbons (Fsp3) is 0.389. The van der Waals surface area contributed by atoms with Gasteiger partial charge in [0.2, 0.25) is 5.95 Å². The molecule has 0 fully saturated rings. The van der Waals surface area contributed by atoms with E-state index in [0.717, 1.165) is 6.07 Å². The summed E-state index contributed by atoms with van der Waals surface area (Å²) < 4.78 is 41.3. The Morgan fingerprint density at radius 3 is 2.48 bits per heavy atom. The maximum Gasteiger partial charge on any atom is 0.416 e. The maximum absolute atomic E-state index is 13.2. The van der Waals surface area contributed by atoms with Crippen LogP contribution < -0.4 is 10.5 Å². The van der Waals surface area contributed by atoms with E-state index >= 15 is 0 Å². The van der Waals surface area contributed by atoms with Gasteiger partial charge in [0.15, 0.2) is 5.65 Å². The van der Waals surface area contributed by atoms with Gasteiger partial charge in [0.05, 0.1) is 17.3 Å². The van der Waals surface area contributed by atoms with E-state index in [1.807, 2.05) is 20.8 Å². The van der Waals surface area contributed by atoms with Gasteiger partial charge in [0.1, 0.15) is 5.39 Å². The summed E-state index contributed by atoms with van der Waals surface area (Å²) in [6, 6.07) is 5.35. The Kier molecular flexibility index (Phi) is 4.49. The number of benzene rings is 1. The molecule has 3 rings (SSSR count). The predicted molar refractivity (Wildman–Crippen MR) is 96.7 cm³/mol. The van der Waals surface area contributed by atoms with Crippen molar-refractivity contribution in [2.75, 3.05) is 11.9 Å². The summed E-state index contributed by atoms with van der Waals surface area (Å²) in [5.41, 5.74) is -1.01. The van der Waals surface area contributed by atoms with Crippen LogP contribution in [0, 0.1) is 0 Å². The first-order chi connectivity index (χ1) is 12.5. The lowest BCUT2D eigenvalue weighted by Gasteiger charge is -2.22. The normalized spacial score (nSPS) is 12.6. The molecule has 6 nitrogen and oxygen atoms in total. The number of aromatic amines is 1. The maximum atomic E-state index is 13.2. The number of nitrogens with one attached hydrogen (secondary N) is 1. The third-order valence-electron chi connectivity index (χ3n) is 4.15. The summed E-state index contributed by atoms with van der Waals surface area (Å²) >= 11 is 0. The Labute approximate surface area is 153 Å². The van der Waals surface area contributed by atoms with Crippen molar-refractivity contribution in [1.29, 1.82) is 0 Å². The second-order valence-corrected chi connectivity index (χ2v) is 7.36. The van der Waals surface area contributed by atoms with Gasteiger partial charge in [-0.1, -0.05) is 18.2 Å². The smallest absolute Gasteiger partial charge is 0.341 e. The van der Waals surface area contributed by atoms with Gasteiger partial charge in [0, 0.05) is 13.6 Å². The van der Waals surface area contributed by atoms with Crippen molar-refractivity contribution in [2.24, 2.45) is 0 Å². The van der Waals surface area contributed by atoms with Crippen LogP contribution in [0.4, 0.5) is 19.1 Å². The minimum atomic E-state index is -4.45. The zero-order valence-corrected chi connectivity index (χ0v) is 15.4. The van der Waals surface area contributed by atoms with Crippen molar-refractivity contribution in [3.63, 3.8) is 0 Å². The molecule has 9 heteroatoms. The number of rotatable bonds is 3. The topological polar surface area (TPSA) is 66.8 Å². The number of halogens is 3. The number of aromatic nitrogens is 4. The number of anilines is 1. The Hall–Kier alpha value is -2.84. The van der Waals surface area contributed by atoms with Crippen molar-refractivity contribution in [3.05, 3.63) is 51.9 Å². The summed E-state index contributed by atoms with van der Waals surface area (Å²) in [4.78, 5) is 20.9. The molecule has 0 spiro atoms. The van der Waals surface area contributed by atoms with E-state index in [-0.39, 0.29) is 23.6 Å². The molecule has 0 saturated heterocycles. The fourth-order valence-electron chi connectivity index (χ4n) is 2.84. The average Bonchev–Trinajstić information content (AvgIpc) is 2.99. The van der Waals surface area contributed by atoms with Crippen molar-refractivity contribution < 1.29 is 13.2 Å². The highest BCUT2D eigenvalue weighted by Crippen LogP contribution is 2.32. The number of alkyl halides is 3. The summed E-state index contributed by atoms with van der Waals surface area (Å²) in [7, 11) is 1.58. The van der Waals surface area contributed by atoms with E-state index in [1.54, 1.807) is 17.8 Å². The van der Waals surface area contributed by atoms with Crippen LogP contribution in [0.1, 0.15) is 31.9 Å². The number of hydrogen-bond donors (Lipinski definition) is 1. The van der Waals surface area contributed by atoms with E-state index in [9.17, 15) is 18.0 Å². The molecule has 0 saturated carbocycles. The first kappa shape index (κ1) is 18.9. The van der Waals surface area contributed by atoms with Gasteiger partial charge in [-0.25, -0.2) is 4.68 Å². The van der Waals surface area contributed by atoms with Gasteiger partial charge in [-0.15, -0.1) is 0 Å². The van der Waals surface area contributed by atoms with Gasteiger partial charge in [-0.05, 0) is 32.4 Å². The molecule has 0 aliphatic rings. The molecule has 0 amide bonds. The van der Waals surface area contributed by atoms with Crippen molar-refractivity contribution in [3.8, 4) is 0 Å². The molecule has 1 N–H and O–H groups in total. The molecule has 3 aromatic rings. The highest BCUT2D eigenvalue weighted by molar-refractivity contribution is 5.74. The molecule has 0 aliphatic carbocycles. The van der Waals surface area contributed by atoms with Crippen molar-refractivity contribution in [1.82, 2.24) is 19.7 Å². The molecular formula is C18H20F3N5O. The summed E-state index contributed by atoms with van der Waals surface area (Å²) in [6.07, 6.45) is -3.01. The lowest BCUT2D eigenvalue weighted by Crippen LogP contribution is -2.27. The zero-order chi connectivity index (χ0) is 20.0. The Balaban J connectivity index is 2.03. The predicted octanol–water partition coefficient (Wildman–Crippen LogP) is 3.53. The van der Waals surface area contributed by atoms with Crippen LogP contribution in [0.2, 0.25) is 0 Å². The standard InChI is InChI=1S/C18H20F3N5O/c1-17(2,3)26-14-12(9-22-26)15(27)24-16(23-14)25(4)10-11-7-5-6-8-13(11)18(19,20)21/h5-9H,10H2,1-4H3,(H,23,24,27). The molecule has 2 aromatic heterocycles. The van der Waals surface area contributed by atoms with Crippen molar-refractivity contribution >= 4 is 17.0 Å². The van der Waals surface area contributed by atoms with E-state index in [4.69, 9.17) is 0 Å². The monoisotopic (exact) mass is 379 g/mol. The summed E-state index contributed by atoms with van der Waals surface area (Å²) in [5, 5.41) is 4.56. The van der Waals surface area contributed by atoms with Crippen LogP contribution in [0.5, 0.6) is 0 Å². The molecule has 0 bridgehead atoms. The largest absolute Gasteiger partial charge is 0.416 e. The summed E-state index contributed by atoms with van der Waals surface area (Å²) in [6.45, 7) is 5.70. The van der Waals surface area contributed by atoms with Crippen LogP contribution in [0.15, 0.2) is 35.3 Å². The average molecular weight is 379 g/mol. The van der Waals surface area contributed by atoms with E-state index in [2.05, 4.69) is 15.1 Å². The first-order valence-corrected chi connectivity index (χ1v) is 8.33. The van der Waals surface area contributed by atoms with Crippen LogP contribution >= 0.6 is 0 Å². The molecule has 0 unspecified atom stereocenters. The van der Waals surface area contributed by atoms with Crippen LogP contribution in [-0.2, 0) is 18.3 Å². The molecule has 1 aromatic carbocycles. The quantitative estimate of drug-likeness (QED) is 0.756. The Morgan fingerprint density at radius 2 is 1.85 bits per heavy atom. The minimum Gasteiger partial charge on any atom is -0.341 e. The van der Waals surface area contributed by atoms with Crippen LogP contribution in [-0.4, -0.2) is 26.8 Å². The van der Waals surface area contributed by atoms with Gasteiger partial charge >= 0.3 is 6.18 Å². The third kappa shape index (κ3) is 3.67. The lowest BCUT2D eigenvalue weighted by molar-refractivity contribution is -0.138. The Bertz CT molecular complexity index is 1030. The second-order valence-electron chi connectivity index (χ2n) is 7.36. The molecular weight excluding hydrogens is 359 g/mol. The SMILES string of the molecule is CN(Cc1ccccc1C(F)(F)F)c1nc2c(cnn2C(C)(C)C)c(=O)[nH]1. The van der Waals surface area contributed by atoms with Crippen LogP contribution in [0.25, 0.3) is 11.0 Å². The van der Waals surface area contributed by atoms with Crippen molar-refractivity contribution in [2.45, 2.75) is 39.0 Å². The molecule has 0 atom stereocenters. The number of hydrogen-bond acceptors (Lipinski definition) is 4. The van der Waals surface area contributed by atoms with E-state index in [0.29, 0.717) is 11.0 Å². The van der Waals surface area contributed by atoms with Gasteiger partial charge in [0.25, 0.3) is 5.56 Å². The molecule has 2 heterocycles. The molecule has 0 aliphatic heterocycles. The highest BCUT2D eigenvalue weighted by Gasteiger charge is 2.33. The Morgan fingerprint density at radius 1 is 1.19 bits per heavy atom. The fourth-order valence-corrected chi connectivity index (χ4v) is 2.84. The van der Waals surface area contributed by atoms with E-state index < -0.39 is 17.3 Å². The van der Waals surface area contributed by atoms with Gasteiger partial charge in [-0.3, -0.25) is 9.78 Å². The zero-order valence-electron chi connectivity index (χ0n) is 15.4. The van der Waals surface area contributed by atoms with Crippen LogP contribution in [0.3, 0.4) is 0 Å². The number of H-pyrrole nitrogens is 1. The minimum absolute atomic E-state index is 0.0617. The first-order valence-electron chi connectivity index (χ1n) is 8.33. The number of nitrogens with zero attached hydrogens (tertiary/aromatic N) is 4. The lowest BCUT2D eigenvalue weighted by atomic mass is 10.1. The van der Waals surface area contributed by atoms with Gasteiger partial charge in [-0.2, -0.15) is 23.3 Å². The molecule has 144 valence electrons. The summed E-state index contributed by atoms with van der Waals surface area (Å²) in [5.74, 6) is 0.176. The molecule has 0 radical (unpaired) electrons. The highest BCUT2D eigenvalue weighted by atomic mass is 19.4. The number of fused-ring (bicyclic) bond motifs is 1.